The standard InChI is InChI=1S/C12H20N6O8S/c13-17-15-5-7(21)3(1-19)25-11(9(5)23)27-12-10(24)6(16-18-14)8(22)4(2-20)26-12/h3-12,19-24H,1-2H2/t3?,4?,5-,6?,7?,8+,9?,10-,11+,12?/m1/s1. The van der Waals surface area contributed by atoms with Crippen LogP contribution < -0.4 is 0 Å². The summed E-state index contributed by atoms with van der Waals surface area (Å²) in [6.45, 7) is -1.26. The van der Waals surface area contributed by atoms with Crippen LogP contribution in [-0.2, 0) is 9.47 Å². The molecule has 0 spiro atoms. The fourth-order valence-corrected chi connectivity index (χ4v) is 4.21. The van der Waals surface area contributed by atoms with Crippen molar-refractivity contribution in [2.75, 3.05) is 13.2 Å². The number of aliphatic hydroxyl groups excluding tert-OH is 6. The molecule has 6 N–H and O–H groups in total. The molecule has 10 atom stereocenters. The van der Waals surface area contributed by atoms with Gasteiger partial charge in [-0.15, -0.1) is 0 Å². The van der Waals surface area contributed by atoms with E-state index in [2.05, 4.69) is 20.1 Å². The number of nitrogens with zero attached hydrogens (tertiary/aromatic N) is 6. The Bertz CT molecular complexity index is 554. The van der Waals surface area contributed by atoms with Crippen LogP contribution >= 0.6 is 11.8 Å². The predicted molar refractivity (Wildman–Crippen MR) is 89.0 cm³/mol. The zero-order valence-corrected chi connectivity index (χ0v) is 14.6. The number of azide groups is 2. The molecule has 0 saturated carbocycles. The van der Waals surface area contributed by atoms with E-state index >= 15 is 0 Å². The fraction of sp³-hybridized carbons (Fsp3) is 1.00. The number of aliphatic hydroxyl groups is 6. The Labute approximate surface area is 156 Å². The van der Waals surface area contributed by atoms with E-state index in [1.165, 1.54) is 0 Å². The van der Waals surface area contributed by atoms with Crippen molar-refractivity contribution >= 4 is 11.8 Å². The number of hydrogen-bond donors (Lipinski definition) is 6. The van der Waals surface area contributed by atoms with Gasteiger partial charge in [0.1, 0.15) is 35.3 Å². The van der Waals surface area contributed by atoms with E-state index in [9.17, 15) is 30.6 Å². The van der Waals surface area contributed by atoms with Gasteiger partial charge in [0, 0.05) is 9.82 Å². The third-order valence-electron chi connectivity index (χ3n) is 4.34. The van der Waals surface area contributed by atoms with E-state index in [0.717, 1.165) is 0 Å². The lowest BCUT2D eigenvalue weighted by atomic mass is 9.98. The van der Waals surface area contributed by atoms with Gasteiger partial charge in [-0.3, -0.25) is 0 Å². The molecule has 14 nitrogen and oxygen atoms in total. The maximum absolute atomic E-state index is 10.3. The third kappa shape index (κ3) is 4.56. The molecule has 0 radical (unpaired) electrons. The number of ether oxygens (including phenoxy) is 2. The van der Waals surface area contributed by atoms with E-state index in [1.807, 2.05) is 0 Å². The van der Waals surface area contributed by atoms with Crippen LogP contribution in [0.3, 0.4) is 0 Å². The Balaban J connectivity index is 2.21. The molecule has 152 valence electrons. The molecule has 0 amide bonds. The minimum atomic E-state index is -1.52. The van der Waals surface area contributed by atoms with Gasteiger partial charge in [0.05, 0.1) is 37.5 Å². The second kappa shape index (κ2) is 9.73. The predicted octanol–water partition coefficient (Wildman–Crippen LogP) is -2.04. The van der Waals surface area contributed by atoms with E-state index in [4.69, 9.17) is 20.5 Å². The lowest BCUT2D eigenvalue weighted by molar-refractivity contribution is -0.170. The van der Waals surface area contributed by atoms with Crippen molar-refractivity contribution in [2.24, 2.45) is 10.2 Å². The van der Waals surface area contributed by atoms with Crippen LogP contribution in [0.5, 0.6) is 0 Å². The summed E-state index contributed by atoms with van der Waals surface area (Å²) in [6.07, 6.45) is -8.30. The Hall–Kier alpha value is -1.35. The number of hydrogen-bond acceptors (Lipinski definition) is 11. The van der Waals surface area contributed by atoms with Crippen LogP contribution in [0.15, 0.2) is 10.2 Å². The second-order valence-corrected chi connectivity index (χ2v) is 7.14. The highest BCUT2D eigenvalue weighted by molar-refractivity contribution is 8.00. The van der Waals surface area contributed by atoms with Crippen LogP contribution in [0.1, 0.15) is 0 Å². The fourth-order valence-electron chi connectivity index (χ4n) is 2.88. The van der Waals surface area contributed by atoms with Gasteiger partial charge in [-0.2, -0.15) is 0 Å². The van der Waals surface area contributed by atoms with Crippen LogP contribution in [-0.4, -0.2) is 103 Å². The van der Waals surface area contributed by atoms with Crippen molar-refractivity contribution in [3.8, 4) is 0 Å². The van der Waals surface area contributed by atoms with Gasteiger partial charge < -0.3 is 40.1 Å². The summed E-state index contributed by atoms with van der Waals surface area (Å²) in [5, 5.41) is 66.0. The summed E-state index contributed by atoms with van der Waals surface area (Å²) >= 11 is 0.704. The van der Waals surface area contributed by atoms with Crippen molar-refractivity contribution in [1.82, 2.24) is 0 Å². The molecule has 0 aliphatic carbocycles. The molecular formula is C12H20N6O8S. The third-order valence-corrected chi connectivity index (χ3v) is 5.65. The molecule has 2 saturated heterocycles. The van der Waals surface area contributed by atoms with Gasteiger partial charge in [0.25, 0.3) is 0 Å². The first-order valence-electron chi connectivity index (χ1n) is 7.88. The monoisotopic (exact) mass is 408 g/mol. The highest BCUT2D eigenvalue weighted by Crippen LogP contribution is 2.37. The molecule has 2 fully saturated rings. The van der Waals surface area contributed by atoms with E-state index < -0.39 is 72.8 Å². The molecular weight excluding hydrogens is 388 g/mol. The molecule has 2 aliphatic rings. The van der Waals surface area contributed by atoms with Crippen molar-refractivity contribution in [3.63, 3.8) is 0 Å². The Morgan fingerprint density at radius 1 is 0.741 bits per heavy atom. The van der Waals surface area contributed by atoms with E-state index in [1.54, 1.807) is 0 Å². The normalized spacial score (nSPS) is 44.8. The first kappa shape index (κ1) is 21.9. The molecule has 2 heterocycles. The number of rotatable bonds is 6. The molecule has 6 unspecified atom stereocenters. The molecule has 0 bridgehead atoms. The highest BCUT2D eigenvalue weighted by Gasteiger charge is 2.49. The first-order valence-corrected chi connectivity index (χ1v) is 8.82. The zero-order valence-electron chi connectivity index (χ0n) is 13.8. The summed E-state index contributed by atoms with van der Waals surface area (Å²) < 4.78 is 10.8. The van der Waals surface area contributed by atoms with Gasteiger partial charge in [-0.05, 0) is 11.1 Å². The summed E-state index contributed by atoms with van der Waals surface area (Å²) in [7, 11) is 0. The maximum Gasteiger partial charge on any atom is 0.132 e. The van der Waals surface area contributed by atoms with Gasteiger partial charge in [0.15, 0.2) is 0 Å². The Morgan fingerprint density at radius 2 is 1.11 bits per heavy atom. The Morgan fingerprint density at radius 3 is 1.41 bits per heavy atom. The van der Waals surface area contributed by atoms with Crippen LogP contribution in [0, 0.1) is 0 Å². The lowest BCUT2D eigenvalue weighted by Crippen LogP contribution is -2.60. The van der Waals surface area contributed by atoms with Crippen molar-refractivity contribution in [2.45, 2.75) is 59.6 Å². The highest BCUT2D eigenvalue weighted by atomic mass is 32.2. The summed E-state index contributed by atoms with van der Waals surface area (Å²) in [4.78, 5) is 5.11. The quantitative estimate of drug-likeness (QED) is 0.161. The summed E-state index contributed by atoms with van der Waals surface area (Å²) in [5.74, 6) is 0. The van der Waals surface area contributed by atoms with Gasteiger partial charge >= 0.3 is 0 Å². The molecule has 0 aromatic heterocycles. The first-order chi connectivity index (χ1) is 12.9. The zero-order chi connectivity index (χ0) is 20.1. The molecule has 27 heavy (non-hydrogen) atoms. The largest absolute Gasteiger partial charge is 0.394 e. The minimum absolute atomic E-state index is 0.629. The van der Waals surface area contributed by atoms with Gasteiger partial charge in [0.2, 0.25) is 0 Å². The summed E-state index contributed by atoms with van der Waals surface area (Å²) in [6, 6.07) is -2.66. The van der Waals surface area contributed by atoms with Crippen molar-refractivity contribution in [3.05, 3.63) is 20.9 Å². The maximum atomic E-state index is 10.3. The van der Waals surface area contributed by atoms with Crippen molar-refractivity contribution in [1.29, 1.82) is 0 Å². The average Bonchev–Trinajstić information content (AvgIpc) is 2.66. The lowest BCUT2D eigenvalue weighted by Gasteiger charge is -2.44. The molecule has 0 aromatic rings. The van der Waals surface area contributed by atoms with Gasteiger partial charge in [-0.25, -0.2) is 0 Å². The molecule has 15 heteroatoms. The number of thioether (sulfide) groups is 1. The van der Waals surface area contributed by atoms with Crippen LogP contribution in [0.4, 0.5) is 0 Å². The van der Waals surface area contributed by atoms with Crippen molar-refractivity contribution < 1.29 is 40.1 Å². The van der Waals surface area contributed by atoms with Crippen LogP contribution in [0.25, 0.3) is 20.9 Å². The smallest absolute Gasteiger partial charge is 0.132 e. The SMILES string of the molecule is [N-]=[N+]=NC1[C@@H](O)C(CO)OC(S[C@@H]2OC(CO)C(O)[C@@H](N=[N+]=[N-])C2O)[C@@H]1O. The van der Waals surface area contributed by atoms with Crippen LogP contribution in [0.2, 0.25) is 0 Å². The molecule has 2 rings (SSSR count). The van der Waals surface area contributed by atoms with Gasteiger partial charge in [-0.1, -0.05) is 22.0 Å². The average molecular weight is 408 g/mol. The molecule has 0 aromatic carbocycles. The second-order valence-electron chi connectivity index (χ2n) is 5.94. The topological polar surface area (TPSA) is 237 Å². The minimum Gasteiger partial charge on any atom is -0.394 e. The Kier molecular flexibility index (Phi) is 7.91. The van der Waals surface area contributed by atoms with E-state index in [-0.39, 0.29) is 0 Å². The van der Waals surface area contributed by atoms with E-state index in [0.29, 0.717) is 11.8 Å². The molecule has 2 aliphatic heterocycles. The summed E-state index contributed by atoms with van der Waals surface area (Å²) in [5.41, 5.74) is 14.8.